The van der Waals surface area contributed by atoms with E-state index in [4.69, 9.17) is 0 Å². The number of halogens is 1. The van der Waals surface area contributed by atoms with Gasteiger partial charge in [-0.15, -0.1) is 0 Å². The monoisotopic (exact) mass is 319 g/mol. The molecule has 2 N–H and O–H groups in total. The van der Waals surface area contributed by atoms with Crippen LogP contribution in [-0.4, -0.2) is 16.1 Å². The third-order valence-corrected chi connectivity index (χ3v) is 3.54. The van der Waals surface area contributed by atoms with E-state index in [0.717, 1.165) is 21.3 Å². The molecule has 0 aliphatic carbocycles. The number of benzene rings is 1. The van der Waals surface area contributed by atoms with E-state index >= 15 is 0 Å². The molecule has 0 aliphatic heterocycles. The van der Waals surface area contributed by atoms with Gasteiger partial charge in [0, 0.05) is 21.8 Å². The number of carbonyl (C=O) groups excluding carboxylic acids is 1. The summed E-state index contributed by atoms with van der Waals surface area (Å²) in [5.41, 5.74) is 2.85. The highest BCUT2D eigenvalue weighted by Crippen LogP contribution is 2.17. The van der Waals surface area contributed by atoms with Gasteiger partial charge in [-0.2, -0.15) is 5.10 Å². The number of H-pyrrole nitrogens is 1. The standard InChI is InChI=1S/C14H14BrN3O/c1-9-10(2)17-18-14(9)16-13(19)8-7-11-5-3-4-6-12(11)15/h3-8H,1-2H3,(H2,16,17,18,19)/b8-7+. The molecular formula is C14H14BrN3O. The molecule has 0 aliphatic rings. The number of amides is 1. The minimum atomic E-state index is -0.203. The second kappa shape index (κ2) is 5.84. The number of carbonyl (C=O) groups is 1. The summed E-state index contributed by atoms with van der Waals surface area (Å²) in [5.74, 6) is 0.365. The number of anilines is 1. The van der Waals surface area contributed by atoms with Crippen molar-refractivity contribution in [1.29, 1.82) is 0 Å². The van der Waals surface area contributed by atoms with Crippen LogP contribution in [0.5, 0.6) is 0 Å². The van der Waals surface area contributed by atoms with Gasteiger partial charge in [0.15, 0.2) is 5.82 Å². The van der Waals surface area contributed by atoms with Gasteiger partial charge in [0.05, 0.1) is 0 Å². The number of nitrogens with one attached hydrogen (secondary N) is 2. The van der Waals surface area contributed by atoms with Gasteiger partial charge in [0.1, 0.15) is 0 Å². The number of hydrogen-bond acceptors (Lipinski definition) is 2. The zero-order chi connectivity index (χ0) is 13.8. The Kier molecular flexibility index (Phi) is 4.16. The normalized spacial score (nSPS) is 10.9. The SMILES string of the molecule is Cc1[nH]nc(NC(=O)/C=C/c2ccccc2Br)c1C. The van der Waals surface area contributed by atoms with E-state index in [1.54, 1.807) is 6.08 Å². The number of nitrogens with zero attached hydrogens (tertiary/aromatic N) is 1. The Bertz CT molecular complexity index is 631. The first-order valence-corrected chi connectivity index (χ1v) is 6.62. The maximum absolute atomic E-state index is 11.8. The van der Waals surface area contributed by atoms with E-state index < -0.39 is 0 Å². The zero-order valence-corrected chi connectivity index (χ0v) is 12.3. The summed E-state index contributed by atoms with van der Waals surface area (Å²) in [6.07, 6.45) is 3.25. The molecule has 1 aromatic heterocycles. The van der Waals surface area contributed by atoms with Gasteiger partial charge in [-0.3, -0.25) is 9.89 Å². The van der Waals surface area contributed by atoms with Crippen LogP contribution in [0.3, 0.4) is 0 Å². The first-order chi connectivity index (χ1) is 9.08. The summed E-state index contributed by atoms with van der Waals surface area (Å²) in [4.78, 5) is 11.8. The van der Waals surface area contributed by atoms with Crippen molar-refractivity contribution >= 4 is 33.7 Å². The lowest BCUT2D eigenvalue weighted by Crippen LogP contribution is -2.09. The molecule has 19 heavy (non-hydrogen) atoms. The predicted octanol–water partition coefficient (Wildman–Crippen LogP) is 3.44. The minimum Gasteiger partial charge on any atom is -0.305 e. The third kappa shape index (κ3) is 3.32. The fourth-order valence-electron chi connectivity index (χ4n) is 1.54. The lowest BCUT2D eigenvalue weighted by molar-refractivity contribution is -0.111. The average Bonchev–Trinajstić information content (AvgIpc) is 2.70. The topological polar surface area (TPSA) is 57.8 Å². The van der Waals surface area contributed by atoms with Crippen molar-refractivity contribution < 1.29 is 4.79 Å². The molecule has 1 amide bonds. The van der Waals surface area contributed by atoms with Crippen LogP contribution >= 0.6 is 15.9 Å². The quantitative estimate of drug-likeness (QED) is 0.851. The van der Waals surface area contributed by atoms with Gasteiger partial charge in [0.2, 0.25) is 5.91 Å². The number of rotatable bonds is 3. The van der Waals surface area contributed by atoms with E-state index in [0.29, 0.717) is 5.82 Å². The summed E-state index contributed by atoms with van der Waals surface area (Å²) in [7, 11) is 0. The van der Waals surface area contributed by atoms with Gasteiger partial charge in [-0.1, -0.05) is 34.1 Å². The van der Waals surface area contributed by atoms with Crippen molar-refractivity contribution in [2.45, 2.75) is 13.8 Å². The number of aryl methyl sites for hydroxylation is 1. The van der Waals surface area contributed by atoms with Crippen LogP contribution < -0.4 is 5.32 Å². The molecule has 0 saturated heterocycles. The molecule has 0 atom stereocenters. The molecule has 0 spiro atoms. The third-order valence-electron chi connectivity index (χ3n) is 2.81. The highest BCUT2D eigenvalue weighted by Gasteiger charge is 2.07. The lowest BCUT2D eigenvalue weighted by atomic mass is 10.2. The van der Waals surface area contributed by atoms with E-state index in [2.05, 4.69) is 31.4 Å². The molecule has 0 fully saturated rings. The average molecular weight is 320 g/mol. The summed E-state index contributed by atoms with van der Waals surface area (Å²) in [6.45, 7) is 3.82. The maximum Gasteiger partial charge on any atom is 0.249 e. The van der Waals surface area contributed by atoms with Crippen molar-refractivity contribution in [3.05, 3.63) is 51.6 Å². The fraction of sp³-hybridized carbons (Fsp3) is 0.143. The summed E-state index contributed by atoms with van der Waals surface area (Å²) in [6, 6.07) is 7.71. The van der Waals surface area contributed by atoms with E-state index in [9.17, 15) is 4.79 Å². The molecule has 2 rings (SSSR count). The molecule has 1 heterocycles. The van der Waals surface area contributed by atoms with E-state index in [-0.39, 0.29) is 5.91 Å². The number of aromatic amines is 1. The molecule has 0 bridgehead atoms. The van der Waals surface area contributed by atoms with Crippen LogP contribution in [0, 0.1) is 13.8 Å². The summed E-state index contributed by atoms with van der Waals surface area (Å²) >= 11 is 3.43. The first-order valence-electron chi connectivity index (χ1n) is 5.83. The van der Waals surface area contributed by atoms with Crippen molar-refractivity contribution in [2.75, 3.05) is 5.32 Å². The Balaban J connectivity index is 2.06. The van der Waals surface area contributed by atoms with Crippen LogP contribution in [0.1, 0.15) is 16.8 Å². The maximum atomic E-state index is 11.8. The molecule has 1 aromatic carbocycles. The molecule has 0 radical (unpaired) electrons. The van der Waals surface area contributed by atoms with Crippen LogP contribution in [-0.2, 0) is 4.79 Å². The smallest absolute Gasteiger partial charge is 0.249 e. The molecule has 4 nitrogen and oxygen atoms in total. The number of aromatic nitrogens is 2. The Morgan fingerprint density at radius 2 is 2.11 bits per heavy atom. The Hall–Kier alpha value is -1.88. The fourth-order valence-corrected chi connectivity index (χ4v) is 1.96. The van der Waals surface area contributed by atoms with Crippen LogP contribution in [0.15, 0.2) is 34.8 Å². The first kappa shape index (κ1) is 13.5. The highest BCUT2D eigenvalue weighted by atomic mass is 79.9. The van der Waals surface area contributed by atoms with Gasteiger partial charge in [-0.05, 0) is 31.6 Å². The molecule has 98 valence electrons. The Morgan fingerprint density at radius 1 is 1.37 bits per heavy atom. The molecule has 0 unspecified atom stereocenters. The minimum absolute atomic E-state index is 0.203. The largest absolute Gasteiger partial charge is 0.305 e. The van der Waals surface area contributed by atoms with Gasteiger partial charge >= 0.3 is 0 Å². The molecular weight excluding hydrogens is 306 g/mol. The van der Waals surface area contributed by atoms with E-state index in [1.165, 1.54) is 6.08 Å². The Morgan fingerprint density at radius 3 is 2.74 bits per heavy atom. The van der Waals surface area contributed by atoms with Crippen molar-refractivity contribution in [2.24, 2.45) is 0 Å². The van der Waals surface area contributed by atoms with E-state index in [1.807, 2.05) is 38.1 Å². The molecule has 0 saturated carbocycles. The van der Waals surface area contributed by atoms with Crippen LogP contribution in [0.25, 0.3) is 6.08 Å². The zero-order valence-electron chi connectivity index (χ0n) is 10.7. The highest BCUT2D eigenvalue weighted by molar-refractivity contribution is 9.10. The second-order valence-corrected chi connectivity index (χ2v) is 5.02. The van der Waals surface area contributed by atoms with Crippen LogP contribution in [0.4, 0.5) is 5.82 Å². The summed E-state index contributed by atoms with van der Waals surface area (Å²) < 4.78 is 0.950. The van der Waals surface area contributed by atoms with Gasteiger partial charge < -0.3 is 5.32 Å². The van der Waals surface area contributed by atoms with Crippen molar-refractivity contribution in [1.82, 2.24) is 10.2 Å². The number of hydrogen-bond donors (Lipinski definition) is 2. The molecule has 5 heteroatoms. The second-order valence-electron chi connectivity index (χ2n) is 4.17. The van der Waals surface area contributed by atoms with Crippen LogP contribution in [0.2, 0.25) is 0 Å². The van der Waals surface area contributed by atoms with Gasteiger partial charge in [-0.25, -0.2) is 0 Å². The van der Waals surface area contributed by atoms with Gasteiger partial charge in [0.25, 0.3) is 0 Å². The van der Waals surface area contributed by atoms with Crippen molar-refractivity contribution in [3.63, 3.8) is 0 Å². The lowest BCUT2D eigenvalue weighted by Gasteiger charge is -1.99. The predicted molar refractivity (Wildman–Crippen MR) is 79.9 cm³/mol. The summed E-state index contributed by atoms with van der Waals surface area (Å²) in [5, 5.41) is 9.59. The van der Waals surface area contributed by atoms with Crippen molar-refractivity contribution in [3.8, 4) is 0 Å². The molecule has 2 aromatic rings. The Labute approximate surface area is 120 Å².